The van der Waals surface area contributed by atoms with Gasteiger partial charge < -0.3 is 14.8 Å². The van der Waals surface area contributed by atoms with Crippen molar-refractivity contribution in [2.24, 2.45) is 0 Å². The van der Waals surface area contributed by atoms with Gasteiger partial charge in [0, 0.05) is 24.4 Å². The summed E-state index contributed by atoms with van der Waals surface area (Å²) in [6.45, 7) is -0.815. The number of amides is 1. The minimum Gasteiger partial charge on any atom is -0.473 e. The van der Waals surface area contributed by atoms with E-state index in [4.69, 9.17) is 4.74 Å². The Morgan fingerprint density at radius 1 is 0.903 bits per heavy atom. The molecular formula is C23H21F3N2O3. The van der Waals surface area contributed by atoms with Crippen molar-refractivity contribution in [2.45, 2.75) is 25.9 Å². The van der Waals surface area contributed by atoms with E-state index in [-0.39, 0.29) is 19.1 Å². The molecule has 0 radical (unpaired) electrons. The highest BCUT2D eigenvalue weighted by molar-refractivity contribution is 5.94. The average molecular weight is 430 g/mol. The summed E-state index contributed by atoms with van der Waals surface area (Å²) in [5, 5.41) is 2.80. The number of ether oxygens (including phenoxy) is 2. The predicted molar refractivity (Wildman–Crippen MR) is 108 cm³/mol. The third-order valence-electron chi connectivity index (χ3n) is 4.23. The molecule has 0 atom stereocenters. The van der Waals surface area contributed by atoms with Crippen LogP contribution in [0, 0.1) is 0 Å². The zero-order valence-corrected chi connectivity index (χ0v) is 16.6. The Hall–Kier alpha value is -3.39. The van der Waals surface area contributed by atoms with E-state index >= 15 is 0 Å². The molecule has 0 saturated carbocycles. The molecule has 0 unspecified atom stereocenters. The summed E-state index contributed by atoms with van der Waals surface area (Å²) in [7, 11) is 0. The molecule has 0 bridgehead atoms. The molecule has 0 saturated heterocycles. The van der Waals surface area contributed by atoms with Crippen molar-refractivity contribution in [2.75, 3.05) is 6.61 Å². The standard InChI is InChI=1S/C23H21F3N2O3/c24-23(25,26)16-30-14-18-6-8-20(9-7-18)22(29)28-13-19-10-11-27-21(12-19)31-15-17-4-2-1-3-5-17/h1-12H,13-16H2,(H,28,29). The maximum Gasteiger partial charge on any atom is 0.411 e. The normalized spacial score (nSPS) is 11.2. The summed E-state index contributed by atoms with van der Waals surface area (Å²) in [6.07, 6.45) is -2.75. The van der Waals surface area contributed by atoms with E-state index in [0.717, 1.165) is 11.1 Å². The minimum absolute atomic E-state index is 0.176. The number of hydrogen-bond donors (Lipinski definition) is 1. The van der Waals surface area contributed by atoms with Gasteiger partial charge in [-0.25, -0.2) is 4.98 Å². The van der Waals surface area contributed by atoms with Crippen molar-refractivity contribution in [1.29, 1.82) is 0 Å². The quantitative estimate of drug-likeness (QED) is 0.536. The lowest BCUT2D eigenvalue weighted by Crippen LogP contribution is -2.22. The molecule has 5 nitrogen and oxygen atoms in total. The van der Waals surface area contributed by atoms with Gasteiger partial charge in [-0.15, -0.1) is 0 Å². The first-order valence-electron chi connectivity index (χ1n) is 9.52. The molecule has 162 valence electrons. The zero-order valence-electron chi connectivity index (χ0n) is 16.6. The van der Waals surface area contributed by atoms with Crippen LogP contribution in [0.5, 0.6) is 5.88 Å². The Bertz CT molecular complexity index is 977. The lowest BCUT2D eigenvalue weighted by Gasteiger charge is -2.09. The molecule has 0 spiro atoms. The van der Waals surface area contributed by atoms with Crippen LogP contribution in [0.1, 0.15) is 27.0 Å². The average Bonchev–Trinajstić information content (AvgIpc) is 2.77. The molecule has 0 aliphatic rings. The van der Waals surface area contributed by atoms with Crippen molar-refractivity contribution in [3.8, 4) is 5.88 Å². The summed E-state index contributed by atoms with van der Waals surface area (Å²) in [4.78, 5) is 16.5. The number of pyridine rings is 1. The number of alkyl halides is 3. The van der Waals surface area contributed by atoms with Gasteiger partial charge in [0.05, 0.1) is 6.61 Å². The molecule has 2 aromatic carbocycles. The maximum absolute atomic E-state index is 12.3. The van der Waals surface area contributed by atoms with E-state index < -0.39 is 12.8 Å². The van der Waals surface area contributed by atoms with Crippen LogP contribution in [-0.2, 0) is 24.5 Å². The van der Waals surface area contributed by atoms with E-state index in [1.165, 1.54) is 0 Å². The van der Waals surface area contributed by atoms with Crippen LogP contribution in [0.25, 0.3) is 0 Å². The molecule has 0 aliphatic carbocycles. The van der Waals surface area contributed by atoms with Crippen LogP contribution < -0.4 is 10.1 Å². The molecular weight excluding hydrogens is 409 g/mol. The molecule has 8 heteroatoms. The number of nitrogens with one attached hydrogen (secondary N) is 1. The summed E-state index contributed by atoms with van der Waals surface area (Å²) < 4.78 is 46.6. The fraction of sp³-hybridized carbons (Fsp3) is 0.217. The second-order valence-corrected chi connectivity index (χ2v) is 6.76. The van der Waals surface area contributed by atoms with Crippen molar-refractivity contribution in [1.82, 2.24) is 10.3 Å². The van der Waals surface area contributed by atoms with Gasteiger partial charge in [0.15, 0.2) is 0 Å². The number of aromatic nitrogens is 1. The number of hydrogen-bond acceptors (Lipinski definition) is 4. The van der Waals surface area contributed by atoms with Gasteiger partial charge >= 0.3 is 6.18 Å². The Morgan fingerprint density at radius 2 is 1.61 bits per heavy atom. The fourth-order valence-electron chi connectivity index (χ4n) is 2.69. The van der Waals surface area contributed by atoms with Crippen LogP contribution in [0.4, 0.5) is 13.2 Å². The molecule has 1 heterocycles. The van der Waals surface area contributed by atoms with Crippen molar-refractivity contribution >= 4 is 5.91 Å². The van der Waals surface area contributed by atoms with Crippen LogP contribution in [0.15, 0.2) is 72.9 Å². The van der Waals surface area contributed by atoms with E-state index in [9.17, 15) is 18.0 Å². The highest BCUT2D eigenvalue weighted by Gasteiger charge is 2.27. The van der Waals surface area contributed by atoms with E-state index in [1.807, 2.05) is 30.3 Å². The summed E-state index contributed by atoms with van der Waals surface area (Å²) in [5.41, 5.74) is 2.79. The van der Waals surface area contributed by atoms with E-state index in [1.54, 1.807) is 42.6 Å². The first-order chi connectivity index (χ1) is 14.9. The smallest absolute Gasteiger partial charge is 0.411 e. The van der Waals surface area contributed by atoms with Gasteiger partial charge in [0.1, 0.15) is 13.2 Å². The Balaban J connectivity index is 1.47. The molecule has 3 aromatic rings. The molecule has 3 rings (SSSR count). The second kappa shape index (κ2) is 10.6. The molecule has 0 aliphatic heterocycles. The molecule has 1 N–H and O–H groups in total. The Kier molecular flexibility index (Phi) is 7.61. The van der Waals surface area contributed by atoms with E-state index in [2.05, 4.69) is 15.0 Å². The summed E-state index contributed by atoms with van der Waals surface area (Å²) in [6, 6.07) is 19.4. The monoisotopic (exact) mass is 430 g/mol. The Morgan fingerprint density at radius 3 is 2.32 bits per heavy atom. The maximum atomic E-state index is 12.3. The van der Waals surface area contributed by atoms with Crippen molar-refractivity contribution in [3.63, 3.8) is 0 Å². The molecule has 0 fully saturated rings. The molecule has 1 amide bonds. The largest absolute Gasteiger partial charge is 0.473 e. The topological polar surface area (TPSA) is 60.5 Å². The first-order valence-corrected chi connectivity index (χ1v) is 9.52. The van der Waals surface area contributed by atoms with Crippen LogP contribution in [-0.4, -0.2) is 23.7 Å². The second-order valence-electron chi connectivity index (χ2n) is 6.76. The number of carbonyl (C=O) groups is 1. The van der Waals surface area contributed by atoms with Crippen molar-refractivity contribution < 1.29 is 27.4 Å². The van der Waals surface area contributed by atoms with Crippen LogP contribution in [0.2, 0.25) is 0 Å². The first kappa shape index (κ1) is 22.3. The van der Waals surface area contributed by atoms with Gasteiger partial charge in [0.25, 0.3) is 5.91 Å². The Labute approximate surface area is 177 Å². The SMILES string of the molecule is O=C(NCc1ccnc(OCc2ccccc2)c1)c1ccc(COCC(F)(F)F)cc1. The highest BCUT2D eigenvalue weighted by atomic mass is 19.4. The molecule has 31 heavy (non-hydrogen) atoms. The lowest BCUT2D eigenvalue weighted by molar-refractivity contribution is -0.176. The van der Waals surface area contributed by atoms with Gasteiger partial charge in [-0.2, -0.15) is 13.2 Å². The fourth-order valence-corrected chi connectivity index (χ4v) is 2.69. The number of rotatable bonds is 9. The van der Waals surface area contributed by atoms with Crippen molar-refractivity contribution in [3.05, 3.63) is 95.2 Å². The summed E-state index contributed by atoms with van der Waals surface area (Å²) in [5.74, 6) is 0.158. The summed E-state index contributed by atoms with van der Waals surface area (Å²) >= 11 is 0. The lowest BCUT2D eigenvalue weighted by atomic mass is 10.1. The number of nitrogens with zero attached hydrogens (tertiary/aromatic N) is 1. The predicted octanol–water partition coefficient (Wildman–Crippen LogP) is 4.67. The van der Waals surface area contributed by atoms with Crippen LogP contribution in [0.3, 0.4) is 0 Å². The minimum atomic E-state index is -4.36. The number of benzene rings is 2. The molecule has 1 aromatic heterocycles. The number of carbonyl (C=O) groups excluding carboxylic acids is 1. The number of halogens is 3. The third kappa shape index (κ3) is 7.75. The van der Waals surface area contributed by atoms with Crippen LogP contribution >= 0.6 is 0 Å². The zero-order chi connectivity index (χ0) is 22.1. The van der Waals surface area contributed by atoms with Gasteiger partial charge in [-0.3, -0.25) is 4.79 Å². The van der Waals surface area contributed by atoms with E-state index in [0.29, 0.717) is 23.6 Å². The van der Waals surface area contributed by atoms with Gasteiger partial charge in [-0.1, -0.05) is 42.5 Å². The highest BCUT2D eigenvalue weighted by Crippen LogP contribution is 2.16. The third-order valence-corrected chi connectivity index (χ3v) is 4.23. The van der Waals surface area contributed by atoms with Gasteiger partial charge in [-0.05, 0) is 34.9 Å². The van der Waals surface area contributed by atoms with Gasteiger partial charge in [0.2, 0.25) is 5.88 Å².